The molecule has 1 fully saturated rings. The van der Waals surface area contributed by atoms with Gasteiger partial charge in [-0.1, -0.05) is 35.0 Å². The van der Waals surface area contributed by atoms with Crippen LogP contribution in [0.15, 0.2) is 59.6 Å². The van der Waals surface area contributed by atoms with E-state index < -0.39 is 5.97 Å². The number of ether oxygens (including phenoxy) is 1. The molecule has 2 atom stereocenters. The van der Waals surface area contributed by atoms with Crippen molar-refractivity contribution in [2.75, 3.05) is 25.2 Å². The number of aromatic nitrogens is 3. The lowest BCUT2D eigenvalue weighted by molar-refractivity contribution is -0.120. The van der Waals surface area contributed by atoms with Gasteiger partial charge in [-0.25, -0.2) is 9.48 Å². The summed E-state index contributed by atoms with van der Waals surface area (Å²) in [6, 6.07) is 14.9. The highest BCUT2D eigenvalue weighted by atomic mass is 35.5. The van der Waals surface area contributed by atoms with Crippen molar-refractivity contribution in [2.45, 2.75) is 29.9 Å². The number of nitrogens with zero attached hydrogens (tertiary/aromatic N) is 4. The molecule has 1 aliphatic heterocycles. The predicted octanol–water partition coefficient (Wildman–Crippen LogP) is 3.89. The average Bonchev–Trinajstić information content (AvgIpc) is 3.48. The zero-order chi connectivity index (χ0) is 23.4. The first-order valence-corrected chi connectivity index (χ1v) is 12.0. The van der Waals surface area contributed by atoms with Crippen LogP contribution in [0.3, 0.4) is 0 Å². The molecular weight excluding hydrogens is 462 g/mol. The van der Waals surface area contributed by atoms with E-state index in [1.165, 1.54) is 7.11 Å². The monoisotopic (exact) mass is 485 g/mol. The van der Waals surface area contributed by atoms with Gasteiger partial charge in [-0.3, -0.25) is 9.69 Å². The number of hydrogen-bond donors (Lipinski definition) is 1. The molecule has 0 radical (unpaired) electrons. The molecule has 0 bridgehead atoms. The van der Waals surface area contributed by atoms with E-state index in [1.54, 1.807) is 22.6 Å². The molecule has 4 rings (SSSR count). The standard InChI is InChI=1S/C23H24ClN5O3S/c1-32-23(31)20-14-29(27-26-20)18-11-21(22(30)25-17-4-3-5-19(10-17)33-2)28(13-18)12-15-6-8-16(24)9-7-15/h3-10,14,18,21H,11-13H2,1-2H3,(H,25,30)/t18-,21-/m0/s1. The molecule has 0 aliphatic carbocycles. The number of rotatable bonds is 7. The number of esters is 1. The number of methoxy groups -OCH3 is 1. The van der Waals surface area contributed by atoms with Crippen LogP contribution in [-0.2, 0) is 16.1 Å². The van der Waals surface area contributed by atoms with E-state index in [0.29, 0.717) is 24.5 Å². The third-order valence-electron chi connectivity index (χ3n) is 5.60. The van der Waals surface area contributed by atoms with Crippen LogP contribution in [0, 0.1) is 0 Å². The van der Waals surface area contributed by atoms with Crippen LogP contribution in [0.1, 0.15) is 28.5 Å². The maximum absolute atomic E-state index is 13.3. The van der Waals surface area contributed by atoms with Crippen LogP contribution in [0.25, 0.3) is 0 Å². The molecular formula is C23H24ClN5O3S. The van der Waals surface area contributed by atoms with Gasteiger partial charge in [0.1, 0.15) is 0 Å². The van der Waals surface area contributed by atoms with Gasteiger partial charge in [0.2, 0.25) is 5.91 Å². The first-order chi connectivity index (χ1) is 16.0. The number of anilines is 1. The Bertz CT molecular complexity index is 1140. The molecule has 2 aromatic carbocycles. The van der Waals surface area contributed by atoms with Gasteiger partial charge in [0.15, 0.2) is 5.69 Å². The largest absolute Gasteiger partial charge is 0.464 e. The number of nitrogens with one attached hydrogen (secondary N) is 1. The summed E-state index contributed by atoms with van der Waals surface area (Å²) in [6.07, 6.45) is 4.10. The van der Waals surface area contributed by atoms with E-state index in [0.717, 1.165) is 16.1 Å². The third kappa shape index (κ3) is 5.55. The fourth-order valence-corrected chi connectivity index (χ4v) is 4.51. The molecule has 2 heterocycles. The fraction of sp³-hybridized carbons (Fsp3) is 0.304. The summed E-state index contributed by atoms with van der Waals surface area (Å²) in [6.45, 7) is 1.16. The van der Waals surface area contributed by atoms with E-state index in [4.69, 9.17) is 16.3 Å². The predicted molar refractivity (Wildman–Crippen MR) is 128 cm³/mol. The van der Waals surface area contributed by atoms with E-state index in [-0.39, 0.29) is 23.7 Å². The van der Waals surface area contributed by atoms with E-state index in [1.807, 2.05) is 54.8 Å². The van der Waals surface area contributed by atoms with E-state index >= 15 is 0 Å². The molecule has 3 aromatic rings. The van der Waals surface area contributed by atoms with Crippen LogP contribution in [-0.4, -0.2) is 57.7 Å². The van der Waals surface area contributed by atoms with Crippen molar-refractivity contribution < 1.29 is 14.3 Å². The van der Waals surface area contributed by atoms with Gasteiger partial charge in [-0.05, 0) is 48.6 Å². The summed E-state index contributed by atoms with van der Waals surface area (Å²) < 4.78 is 6.37. The Balaban J connectivity index is 1.55. The molecule has 1 amide bonds. The molecule has 8 nitrogen and oxygen atoms in total. The molecule has 33 heavy (non-hydrogen) atoms. The molecule has 1 aliphatic rings. The smallest absolute Gasteiger partial charge is 0.360 e. The highest BCUT2D eigenvalue weighted by Crippen LogP contribution is 2.30. The molecule has 1 saturated heterocycles. The summed E-state index contributed by atoms with van der Waals surface area (Å²) in [5.41, 5.74) is 1.95. The maximum Gasteiger partial charge on any atom is 0.360 e. The van der Waals surface area contributed by atoms with Crippen molar-refractivity contribution in [1.82, 2.24) is 19.9 Å². The zero-order valence-corrected chi connectivity index (χ0v) is 19.8. The quantitative estimate of drug-likeness (QED) is 0.401. The van der Waals surface area contributed by atoms with Crippen molar-refractivity contribution in [3.05, 3.63) is 71.0 Å². The number of benzene rings is 2. The summed E-state index contributed by atoms with van der Waals surface area (Å²) in [7, 11) is 1.30. The summed E-state index contributed by atoms with van der Waals surface area (Å²) in [5.74, 6) is -0.627. The van der Waals surface area contributed by atoms with Crippen molar-refractivity contribution >= 4 is 40.9 Å². The molecule has 1 aromatic heterocycles. The summed E-state index contributed by atoms with van der Waals surface area (Å²) in [5, 5.41) is 11.7. The minimum Gasteiger partial charge on any atom is -0.464 e. The minimum atomic E-state index is -0.541. The Morgan fingerprint density at radius 2 is 2.03 bits per heavy atom. The number of halogens is 1. The minimum absolute atomic E-state index is 0.0852. The lowest BCUT2D eigenvalue weighted by Gasteiger charge is -2.23. The molecule has 172 valence electrons. The first kappa shape index (κ1) is 23.3. The van der Waals surface area contributed by atoms with Crippen molar-refractivity contribution in [3.63, 3.8) is 0 Å². The van der Waals surface area contributed by atoms with Gasteiger partial charge >= 0.3 is 5.97 Å². The topological polar surface area (TPSA) is 89.4 Å². The average molecular weight is 486 g/mol. The van der Waals surface area contributed by atoms with E-state index in [9.17, 15) is 9.59 Å². The lowest BCUT2D eigenvalue weighted by Crippen LogP contribution is -2.39. The normalized spacial score (nSPS) is 18.3. The van der Waals surface area contributed by atoms with Crippen LogP contribution in [0.5, 0.6) is 0 Å². The number of likely N-dealkylation sites (tertiary alicyclic amines) is 1. The van der Waals surface area contributed by atoms with Crippen molar-refractivity contribution in [3.8, 4) is 0 Å². The number of amides is 1. The Morgan fingerprint density at radius 3 is 2.76 bits per heavy atom. The SMILES string of the molecule is COC(=O)c1cn([C@H]2C[C@@H](C(=O)Nc3cccc(SC)c3)N(Cc3ccc(Cl)cc3)C2)nn1. The van der Waals surface area contributed by atoms with Gasteiger partial charge in [0, 0.05) is 28.7 Å². The molecule has 0 unspecified atom stereocenters. The van der Waals surface area contributed by atoms with Crippen molar-refractivity contribution in [2.24, 2.45) is 0 Å². The van der Waals surface area contributed by atoms with Gasteiger partial charge in [-0.2, -0.15) is 0 Å². The second kappa shape index (κ2) is 10.4. The maximum atomic E-state index is 13.3. The van der Waals surface area contributed by atoms with Crippen LogP contribution in [0.2, 0.25) is 5.02 Å². The summed E-state index contributed by atoms with van der Waals surface area (Å²) in [4.78, 5) is 28.3. The Hall–Kier alpha value is -2.88. The number of thioether (sulfide) groups is 1. The highest BCUT2D eigenvalue weighted by Gasteiger charge is 2.38. The van der Waals surface area contributed by atoms with Crippen LogP contribution >= 0.6 is 23.4 Å². The fourth-order valence-electron chi connectivity index (χ4n) is 3.92. The Labute approximate surface area is 201 Å². The first-order valence-electron chi connectivity index (χ1n) is 10.4. The van der Waals surface area contributed by atoms with E-state index in [2.05, 4.69) is 20.5 Å². The Kier molecular flexibility index (Phi) is 7.32. The Morgan fingerprint density at radius 1 is 1.24 bits per heavy atom. The second-order valence-corrected chi connectivity index (χ2v) is 9.07. The molecule has 1 N–H and O–H groups in total. The van der Waals surface area contributed by atoms with Gasteiger partial charge in [0.05, 0.1) is 25.4 Å². The third-order valence-corrected chi connectivity index (χ3v) is 6.58. The van der Waals surface area contributed by atoms with Crippen LogP contribution in [0.4, 0.5) is 5.69 Å². The van der Waals surface area contributed by atoms with Gasteiger partial charge in [0.25, 0.3) is 0 Å². The molecule has 0 spiro atoms. The highest BCUT2D eigenvalue weighted by molar-refractivity contribution is 7.98. The molecule has 0 saturated carbocycles. The van der Waals surface area contributed by atoms with Gasteiger partial charge < -0.3 is 10.1 Å². The number of hydrogen-bond acceptors (Lipinski definition) is 7. The van der Waals surface area contributed by atoms with Crippen molar-refractivity contribution in [1.29, 1.82) is 0 Å². The zero-order valence-electron chi connectivity index (χ0n) is 18.3. The van der Waals surface area contributed by atoms with Crippen LogP contribution < -0.4 is 5.32 Å². The summed E-state index contributed by atoms with van der Waals surface area (Å²) >= 11 is 7.65. The molecule has 10 heteroatoms. The number of carbonyl (C=O) groups excluding carboxylic acids is 2. The van der Waals surface area contributed by atoms with Gasteiger partial charge in [-0.15, -0.1) is 16.9 Å². The number of carbonyl (C=O) groups is 2. The lowest BCUT2D eigenvalue weighted by atomic mass is 10.1. The second-order valence-electron chi connectivity index (χ2n) is 7.76.